The molecule has 0 radical (unpaired) electrons. The zero-order chi connectivity index (χ0) is 12.6. The van der Waals surface area contributed by atoms with Crippen LogP contribution in [-0.4, -0.2) is 14.5 Å². The van der Waals surface area contributed by atoms with Gasteiger partial charge in [-0.25, -0.2) is 13.6 Å². The maximum atomic E-state index is 11.5. The van der Waals surface area contributed by atoms with Crippen LogP contribution in [0.2, 0.25) is 0 Å². The van der Waals surface area contributed by atoms with E-state index >= 15 is 0 Å². The second-order valence-corrected chi connectivity index (χ2v) is 6.21. The number of ether oxygens (including phenoxy) is 1. The molecule has 0 spiro atoms. The summed E-state index contributed by atoms with van der Waals surface area (Å²) >= 11 is 0. The smallest absolute Gasteiger partial charge is 0.238 e. The van der Waals surface area contributed by atoms with Gasteiger partial charge in [0.1, 0.15) is 5.75 Å². The third-order valence-corrected chi connectivity index (χ3v) is 3.70. The second-order valence-electron chi connectivity index (χ2n) is 4.68. The Labute approximate surface area is 102 Å². The van der Waals surface area contributed by atoms with Gasteiger partial charge in [0.15, 0.2) is 0 Å². The summed E-state index contributed by atoms with van der Waals surface area (Å²) < 4.78 is 28.8. The zero-order valence-electron chi connectivity index (χ0n) is 10.0. The average Bonchev–Trinajstić information content (AvgIpc) is 2.99. The highest BCUT2D eigenvalue weighted by Crippen LogP contribution is 2.35. The van der Waals surface area contributed by atoms with Crippen LogP contribution in [0, 0.1) is 0 Å². The predicted molar refractivity (Wildman–Crippen MR) is 65.6 cm³/mol. The Balaban J connectivity index is 2.51. The monoisotopic (exact) mass is 255 g/mol. The number of rotatable bonds is 4. The van der Waals surface area contributed by atoms with Crippen LogP contribution in [0.4, 0.5) is 0 Å². The van der Waals surface area contributed by atoms with E-state index in [2.05, 4.69) is 0 Å². The molecule has 1 aliphatic carbocycles. The minimum atomic E-state index is -3.70. The third kappa shape index (κ3) is 2.79. The molecular weight excluding hydrogens is 238 g/mol. The normalized spacial score (nSPS) is 16.2. The van der Waals surface area contributed by atoms with Gasteiger partial charge in [0, 0.05) is 5.56 Å². The molecule has 1 saturated carbocycles. The highest BCUT2D eigenvalue weighted by molar-refractivity contribution is 7.89. The van der Waals surface area contributed by atoms with Gasteiger partial charge in [-0.3, -0.25) is 0 Å². The van der Waals surface area contributed by atoms with Crippen molar-refractivity contribution in [1.29, 1.82) is 0 Å². The number of sulfonamides is 1. The first-order chi connectivity index (χ1) is 7.89. The fraction of sp³-hybridized carbons (Fsp3) is 0.500. The molecule has 0 unspecified atom stereocenters. The molecular formula is C12H17NO3S. The lowest BCUT2D eigenvalue weighted by atomic mass is 10.0. The van der Waals surface area contributed by atoms with Crippen LogP contribution >= 0.6 is 0 Å². The Hall–Kier alpha value is -1.07. The van der Waals surface area contributed by atoms with Gasteiger partial charge in [-0.1, -0.05) is 19.9 Å². The lowest BCUT2D eigenvalue weighted by Gasteiger charge is -2.16. The van der Waals surface area contributed by atoms with Crippen LogP contribution in [0.15, 0.2) is 23.1 Å². The van der Waals surface area contributed by atoms with Crippen LogP contribution in [-0.2, 0) is 10.0 Å². The number of primary sulfonamides is 1. The lowest BCUT2D eigenvalue weighted by molar-refractivity contribution is 0.297. The van der Waals surface area contributed by atoms with E-state index in [1.807, 2.05) is 19.9 Å². The molecule has 0 bridgehead atoms. The molecule has 1 aromatic carbocycles. The molecule has 2 rings (SSSR count). The molecule has 1 fully saturated rings. The largest absolute Gasteiger partial charge is 0.490 e. The second kappa shape index (κ2) is 4.31. The van der Waals surface area contributed by atoms with Crippen molar-refractivity contribution in [2.75, 3.05) is 0 Å². The van der Waals surface area contributed by atoms with Gasteiger partial charge in [-0.05, 0) is 30.9 Å². The lowest BCUT2D eigenvalue weighted by Crippen LogP contribution is -2.16. The SMILES string of the molecule is CC(C)c1c(OC2CC2)cccc1S(N)(=O)=O. The summed E-state index contributed by atoms with van der Waals surface area (Å²) in [6, 6.07) is 5.01. The molecule has 0 heterocycles. The molecule has 4 nitrogen and oxygen atoms in total. The topological polar surface area (TPSA) is 69.4 Å². The summed E-state index contributed by atoms with van der Waals surface area (Å²) in [6.45, 7) is 3.87. The van der Waals surface area contributed by atoms with Gasteiger partial charge in [0.05, 0.1) is 11.0 Å². The molecule has 0 amide bonds. The Bertz CT molecular complexity index is 519. The Kier molecular flexibility index (Phi) is 3.14. The molecule has 0 aliphatic heterocycles. The van der Waals surface area contributed by atoms with Gasteiger partial charge < -0.3 is 4.74 Å². The molecule has 0 aromatic heterocycles. The van der Waals surface area contributed by atoms with Gasteiger partial charge in [-0.15, -0.1) is 0 Å². The van der Waals surface area contributed by atoms with E-state index in [9.17, 15) is 8.42 Å². The summed E-state index contributed by atoms with van der Waals surface area (Å²) in [5.74, 6) is 0.701. The first-order valence-corrected chi connectivity index (χ1v) is 7.26. The van der Waals surface area contributed by atoms with Crippen molar-refractivity contribution >= 4 is 10.0 Å². The summed E-state index contributed by atoms with van der Waals surface area (Å²) in [5, 5.41) is 5.23. The van der Waals surface area contributed by atoms with Crippen LogP contribution in [0.25, 0.3) is 0 Å². The van der Waals surface area contributed by atoms with E-state index in [-0.39, 0.29) is 16.9 Å². The van der Waals surface area contributed by atoms with Crippen molar-refractivity contribution in [3.05, 3.63) is 23.8 Å². The van der Waals surface area contributed by atoms with Crippen molar-refractivity contribution < 1.29 is 13.2 Å². The average molecular weight is 255 g/mol. The minimum Gasteiger partial charge on any atom is -0.490 e. The van der Waals surface area contributed by atoms with E-state index in [0.717, 1.165) is 12.8 Å². The first-order valence-electron chi connectivity index (χ1n) is 5.72. The first kappa shape index (κ1) is 12.4. The Morgan fingerprint density at radius 2 is 2.00 bits per heavy atom. The van der Waals surface area contributed by atoms with Crippen molar-refractivity contribution in [2.45, 2.75) is 43.6 Å². The highest BCUT2D eigenvalue weighted by Gasteiger charge is 2.27. The standard InChI is InChI=1S/C12H17NO3S/c1-8(2)12-10(16-9-6-7-9)4-3-5-11(12)17(13,14)15/h3-5,8-9H,6-7H2,1-2H3,(H2,13,14,15). The van der Waals surface area contributed by atoms with Crippen molar-refractivity contribution in [2.24, 2.45) is 5.14 Å². The fourth-order valence-electron chi connectivity index (χ4n) is 1.81. The number of hydrogen-bond donors (Lipinski definition) is 1. The van der Waals surface area contributed by atoms with E-state index in [4.69, 9.17) is 9.88 Å². The van der Waals surface area contributed by atoms with Crippen LogP contribution in [0.3, 0.4) is 0 Å². The van der Waals surface area contributed by atoms with Gasteiger partial charge in [-0.2, -0.15) is 0 Å². The summed E-state index contributed by atoms with van der Waals surface area (Å²) in [6.07, 6.45) is 2.32. The van der Waals surface area contributed by atoms with Crippen molar-refractivity contribution in [3.8, 4) is 5.75 Å². The van der Waals surface area contributed by atoms with Gasteiger partial charge in [0.2, 0.25) is 10.0 Å². The van der Waals surface area contributed by atoms with Crippen LogP contribution < -0.4 is 9.88 Å². The number of hydrogen-bond acceptors (Lipinski definition) is 3. The number of benzene rings is 1. The summed E-state index contributed by atoms with van der Waals surface area (Å²) in [7, 11) is -3.70. The maximum Gasteiger partial charge on any atom is 0.238 e. The molecule has 5 heteroatoms. The van der Waals surface area contributed by atoms with Crippen LogP contribution in [0.5, 0.6) is 5.75 Å². The minimum absolute atomic E-state index is 0.0540. The van der Waals surface area contributed by atoms with Crippen LogP contribution in [0.1, 0.15) is 38.2 Å². The number of nitrogens with two attached hydrogens (primary N) is 1. The van der Waals surface area contributed by atoms with E-state index in [0.29, 0.717) is 11.3 Å². The zero-order valence-corrected chi connectivity index (χ0v) is 10.8. The van der Waals surface area contributed by atoms with E-state index in [1.165, 1.54) is 6.07 Å². The Morgan fingerprint density at radius 1 is 1.35 bits per heavy atom. The predicted octanol–water partition coefficient (Wildman–Crippen LogP) is 2.00. The molecule has 1 aliphatic rings. The van der Waals surface area contributed by atoms with E-state index < -0.39 is 10.0 Å². The molecule has 17 heavy (non-hydrogen) atoms. The molecule has 1 aromatic rings. The molecule has 2 N–H and O–H groups in total. The fourth-order valence-corrected chi connectivity index (χ4v) is 2.72. The highest BCUT2D eigenvalue weighted by atomic mass is 32.2. The summed E-state index contributed by atoms with van der Waals surface area (Å²) in [5.41, 5.74) is 0.682. The summed E-state index contributed by atoms with van der Waals surface area (Å²) in [4.78, 5) is 0.172. The molecule has 0 saturated heterocycles. The van der Waals surface area contributed by atoms with E-state index in [1.54, 1.807) is 6.07 Å². The van der Waals surface area contributed by atoms with Crippen molar-refractivity contribution in [1.82, 2.24) is 0 Å². The van der Waals surface area contributed by atoms with Gasteiger partial charge >= 0.3 is 0 Å². The quantitative estimate of drug-likeness (QED) is 0.894. The maximum absolute atomic E-state index is 11.5. The molecule has 0 atom stereocenters. The van der Waals surface area contributed by atoms with Crippen molar-refractivity contribution in [3.63, 3.8) is 0 Å². The Morgan fingerprint density at radius 3 is 2.47 bits per heavy atom. The molecule has 94 valence electrons. The third-order valence-electron chi connectivity index (χ3n) is 2.73. The van der Waals surface area contributed by atoms with Gasteiger partial charge in [0.25, 0.3) is 0 Å².